The summed E-state index contributed by atoms with van der Waals surface area (Å²) < 4.78 is 27.3. The molecule has 1 aliphatic heterocycles. The quantitative estimate of drug-likeness (QED) is 0.609. The Morgan fingerprint density at radius 1 is 1.42 bits per heavy atom. The minimum Gasteiger partial charge on any atom is -0.299 e. The summed E-state index contributed by atoms with van der Waals surface area (Å²) in [5, 5.41) is 11.2. The standard InChI is InChI=1S/C15H22ClN3O4S/c1-11-5-7-18(8-6-11)12(2)10-17-24(22,23)15-4-3-13(16)9-14(15)19(20)21/h3-4,9,11-12,17H,5-8,10H2,1-2H3. The first-order valence-corrected chi connectivity index (χ1v) is 9.74. The lowest BCUT2D eigenvalue weighted by Gasteiger charge is -2.34. The normalized spacial score (nSPS) is 18.5. The fourth-order valence-electron chi connectivity index (χ4n) is 2.77. The van der Waals surface area contributed by atoms with Crippen molar-refractivity contribution in [3.05, 3.63) is 33.3 Å². The molecule has 1 aromatic rings. The van der Waals surface area contributed by atoms with Crippen LogP contribution >= 0.6 is 11.6 Å². The Morgan fingerprint density at radius 3 is 2.62 bits per heavy atom. The molecule has 1 aromatic carbocycles. The minimum absolute atomic E-state index is 0.0265. The van der Waals surface area contributed by atoms with Gasteiger partial charge in [0.1, 0.15) is 0 Å². The third-order valence-electron chi connectivity index (χ3n) is 4.42. The van der Waals surface area contributed by atoms with Crippen LogP contribution in [0.4, 0.5) is 5.69 Å². The highest BCUT2D eigenvalue weighted by Gasteiger charge is 2.27. The van der Waals surface area contributed by atoms with E-state index in [4.69, 9.17) is 11.6 Å². The summed E-state index contributed by atoms with van der Waals surface area (Å²) in [4.78, 5) is 12.2. The maximum absolute atomic E-state index is 12.4. The van der Waals surface area contributed by atoms with Crippen LogP contribution in [-0.4, -0.2) is 43.9 Å². The molecule has 2 rings (SSSR count). The second-order valence-corrected chi connectivity index (χ2v) is 8.46. The molecule has 1 fully saturated rings. The Hall–Kier alpha value is -1.22. The smallest absolute Gasteiger partial charge is 0.290 e. The van der Waals surface area contributed by atoms with Crippen molar-refractivity contribution in [1.29, 1.82) is 0 Å². The van der Waals surface area contributed by atoms with E-state index in [2.05, 4.69) is 16.5 Å². The zero-order chi connectivity index (χ0) is 17.9. The zero-order valence-corrected chi connectivity index (χ0v) is 15.3. The monoisotopic (exact) mass is 375 g/mol. The van der Waals surface area contributed by atoms with Crippen LogP contribution in [0.15, 0.2) is 23.1 Å². The van der Waals surface area contributed by atoms with E-state index >= 15 is 0 Å². The van der Waals surface area contributed by atoms with Gasteiger partial charge in [0, 0.05) is 23.7 Å². The summed E-state index contributed by atoms with van der Waals surface area (Å²) >= 11 is 5.73. The second kappa shape index (κ2) is 7.77. The fourth-order valence-corrected chi connectivity index (χ4v) is 4.21. The summed E-state index contributed by atoms with van der Waals surface area (Å²) in [6.45, 7) is 6.24. The lowest BCUT2D eigenvalue weighted by atomic mass is 9.98. The fraction of sp³-hybridized carbons (Fsp3) is 0.600. The van der Waals surface area contributed by atoms with Crippen molar-refractivity contribution in [2.24, 2.45) is 5.92 Å². The average Bonchev–Trinajstić information content (AvgIpc) is 2.53. The van der Waals surface area contributed by atoms with Gasteiger partial charge in [0.05, 0.1) is 4.92 Å². The van der Waals surface area contributed by atoms with Gasteiger partial charge in [-0.15, -0.1) is 0 Å². The Bertz CT molecular complexity index is 703. The van der Waals surface area contributed by atoms with E-state index in [0.29, 0.717) is 5.92 Å². The van der Waals surface area contributed by atoms with Crippen molar-refractivity contribution < 1.29 is 13.3 Å². The largest absolute Gasteiger partial charge is 0.299 e. The van der Waals surface area contributed by atoms with Gasteiger partial charge in [-0.2, -0.15) is 0 Å². The molecule has 0 bridgehead atoms. The Balaban J connectivity index is 2.08. The summed E-state index contributed by atoms with van der Waals surface area (Å²) in [6.07, 6.45) is 2.19. The molecule has 0 saturated carbocycles. The lowest BCUT2D eigenvalue weighted by Crippen LogP contribution is -2.45. The molecule has 1 N–H and O–H groups in total. The van der Waals surface area contributed by atoms with Gasteiger partial charge in [-0.3, -0.25) is 15.0 Å². The van der Waals surface area contributed by atoms with Gasteiger partial charge < -0.3 is 0 Å². The van der Waals surface area contributed by atoms with Crippen molar-refractivity contribution >= 4 is 27.3 Å². The molecular formula is C15H22ClN3O4S. The molecule has 1 saturated heterocycles. The molecule has 0 aliphatic carbocycles. The van der Waals surface area contributed by atoms with Crippen LogP contribution in [0, 0.1) is 16.0 Å². The summed E-state index contributed by atoms with van der Waals surface area (Å²) in [6, 6.07) is 3.57. The molecule has 134 valence electrons. The molecule has 1 unspecified atom stereocenters. The molecule has 9 heteroatoms. The maximum atomic E-state index is 12.4. The van der Waals surface area contributed by atoms with Gasteiger partial charge in [0.25, 0.3) is 5.69 Å². The number of rotatable bonds is 6. The van der Waals surface area contributed by atoms with Crippen molar-refractivity contribution in [3.8, 4) is 0 Å². The predicted molar refractivity (Wildman–Crippen MR) is 92.7 cm³/mol. The number of sulfonamides is 1. The molecule has 0 spiro atoms. The van der Waals surface area contributed by atoms with Gasteiger partial charge in [0.15, 0.2) is 4.90 Å². The van der Waals surface area contributed by atoms with Gasteiger partial charge in [-0.25, -0.2) is 13.1 Å². The van der Waals surface area contributed by atoms with Crippen molar-refractivity contribution in [1.82, 2.24) is 9.62 Å². The summed E-state index contributed by atoms with van der Waals surface area (Å²) in [5.74, 6) is 0.696. The van der Waals surface area contributed by atoms with Crippen LogP contribution < -0.4 is 4.72 Å². The Morgan fingerprint density at radius 2 is 2.04 bits per heavy atom. The summed E-state index contributed by atoms with van der Waals surface area (Å²) in [5.41, 5.74) is -0.519. The highest BCUT2D eigenvalue weighted by Crippen LogP contribution is 2.27. The van der Waals surface area contributed by atoms with E-state index < -0.39 is 20.6 Å². The number of nitrogens with one attached hydrogen (secondary N) is 1. The van der Waals surface area contributed by atoms with Crippen LogP contribution in [0.5, 0.6) is 0 Å². The third-order valence-corrected chi connectivity index (χ3v) is 6.12. The Kier molecular flexibility index (Phi) is 6.19. The number of hydrogen-bond acceptors (Lipinski definition) is 5. The summed E-state index contributed by atoms with van der Waals surface area (Å²) in [7, 11) is -3.97. The van der Waals surface area contributed by atoms with E-state index in [-0.39, 0.29) is 22.5 Å². The van der Waals surface area contributed by atoms with Gasteiger partial charge in [-0.1, -0.05) is 18.5 Å². The minimum atomic E-state index is -3.97. The highest BCUT2D eigenvalue weighted by molar-refractivity contribution is 7.89. The predicted octanol–water partition coefficient (Wildman–Crippen LogP) is 2.65. The van der Waals surface area contributed by atoms with E-state index in [1.807, 2.05) is 6.92 Å². The van der Waals surface area contributed by atoms with Gasteiger partial charge in [-0.05, 0) is 50.9 Å². The van der Waals surface area contributed by atoms with E-state index in [0.717, 1.165) is 38.1 Å². The number of likely N-dealkylation sites (tertiary alicyclic amines) is 1. The highest BCUT2D eigenvalue weighted by atomic mass is 35.5. The number of nitro benzene ring substituents is 1. The zero-order valence-electron chi connectivity index (χ0n) is 13.7. The van der Waals surface area contributed by atoms with Crippen molar-refractivity contribution in [2.45, 2.75) is 37.6 Å². The topological polar surface area (TPSA) is 92.6 Å². The molecule has 7 nitrogen and oxygen atoms in total. The molecule has 1 atom stereocenters. The van der Waals surface area contributed by atoms with Crippen LogP contribution in [0.25, 0.3) is 0 Å². The number of benzene rings is 1. The molecule has 0 aromatic heterocycles. The van der Waals surface area contributed by atoms with Gasteiger partial charge in [0.2, 0.25) is 10.0 Å². The van der Waals surface area contributed by atoms with Gasteiger partial charge >= 0.3 is 0 Å². The first kappa shape index (κ1) is 19.1. The van der Waals surface area contributed by atoms with E-state index in [1.165, 1.54) is 6.07 Å². The number of nitrogens with zero attached hydrogens (tertiary/aromatic N) is 2. The number of nitro groups is 1. The second-order valence-electron chi connectivity index (χ2n) is 6.29. The van der Waals surface area contributed by atoms with Crippen LogP contribution in [0.3, 0.4) is 0 Å². The van der Waals surface area contributed by atoms with Crippen LogP contribution in [0.2, 0.25) is 5.02 Å². The number of piperidine rings is 1. The van der Waals surface area contributed by atoms with E-state index in [9.17, 15) is 18.5 Å². The molecule has 24 heavy (non-hydrogen) atoms. The first-order valence-electron chi connectivity index (χ1n) is 7.88. The van der Waals surface area contributed by atoms with E-state index in [1.54, 1.807) is 0 Å². The maximum Gasteiger partial charge on any atom is 0.290 e. The van der Waals surface area contributed by atoms with Crippen molar-refractivity contribution in [3.63, 3.8) is 0 Å². The number of hydrogen-bond donors (Lipinski definition) is 1. The molecule has 1 heterocycles. The molecule has 0 radical (unpaired) electrons. The Labute approximate surface area is 147 Å². The average molecular weight is 376 g/mol. The van der Waals surface area contributed by atoms with Crippen LogP contribution in [-0.2, 0) is 10.0 Å². The third kappa shape index (κ3) is 4.66. The lowest BCUT2D eigenvalue weighted by molar-refractivity contribution is -0.387. The molecule has 1 aliphatic rings. The molecule has 0 amide bonds. The SMILES string of the molecule is CC1CCN(C(C)CNS(=O)(=O)c2ccc(Cl)cc2[N+](=O)[O-])CC1. The van der Waals surface area contributed by atoms with Crippen LogP contribution in [0.1, 0.15) is 26.7 Å². The molecular weight excluding hydrogens is 354 g/mol. The number of halogens is 1. The van der Waals surface area contributed by atoms with Crippen molar-refractivity contribution in [2.75, 3.05) is 19.6 Å². The first-order chi connectivity index (χ1) is 11.2.